The summed E-state index contributed by atoms with van der Waals surface area (Å²) in [5.74, 6) is -0.689. The van der Waals surface area contributed by atoms with E-state index in [0.717, 1.165) is 16.5 Å². The number of aryl methyl sites for hydroxylation is 2. The van der Waals surface area contributed by atoms with E-state index in [1.807, 2.05) is 13.0 Å². The molecule has 0 amide bonds. The van der Waals surface area contributed by atoms with E-state index < -0.39 is 35.9 Å². The van der Waals surface area contributed by atoms with Crippen LogP contribution < -0.4 is 15.4 Å². The minimum absolute atomic E-state index is 0.145. The molecule has 0 aliphatic heterocycles. The highest BCUT2D eigenvalue weighted by Gasteiger charge is 2.47. The fourth-order valence-electron chi connectivity index (χ4n) is 4.98. The van der Waals surface area contributed by atoms with E-state index in [2.05, 4.69) is 30.3 Å². The summed E-state index contributed by atoms with van der Waals surface area (Å²) in [6, 6.07) is 5.26. The van der Waals surface area contributed by atoms with Gasteiger partial charge in [0.15, 0.2) is 5.72 Å². The van der Waals surface area contributed by atoms with Crippen molar-refractivity contribution in [2.45, 2.75) is 57.8 Å². The molecular formula is C27H28ClF3N6O4S. The number of ether oxygens (including phenoxy) is 1. The van der Waals surface area contributed by atoms with Gasteiger partial charge in [0.2, 0.25) is 5.95 Å². The standard InChI is InChI=1S/C27H28ClF3N6O4S/c1-12(15-4-5-18(17(28)10-15)41-27(29,30)31)33-25-34-13(2)20(24-35-21-14(3)32-9-7-19(21)42-24)23(36-25)37-26(40)8-6-16(11-38)22(26)39/h4-5,7,9-10,12,16,22,38-40H,6,8,11H2,1-3H3,(H2,33,34,36,37)/t12-,16-,22-,26-/m1/s1. The van der Waals surface area contributed by atoms with Gasteiger partial charge in [-0.15, -0.1) is 24.5 Å². The van der Waals surface area contributed by atoms with Gasteiger partial charge in [-0.1, -0.05) is 17.7 Å². The van der Waals surface area contributed by atoms with Crippen molar-refractivity contribution in [2.24, 2.45) is 5.92 Å². The summed E-state index contributed by atoms with van der Waals surface area (Å²) in [5, 5.41) is 38.3. The normalized spacial score (nSPS) is 21.5. The molecule has 3 heterocycles. The second-order valence-electron chi connectivity index (χ2n) is 10.2. The number of thiazole rings is 1. The molecular weight excluding hydrogens is 597 g/mol. The summed E-state index contributed by atoms with van der Waals surface area (Å²) in [6.07, 6.45) is -3.89. The lowest BCUT2D eigenvalue weighted by Gasteiger charge is -2.31. The first-order chi connectivity index (χ1) is 19.8. The molecule has 10 nitrogen and oxygen atoms in total. The van der Waals surface area contributed by atoms with Gasteiger partial charge in [0, 0.05) is 18.7 Å². The monoisotopic (exact) mass is 624 g/mol. The number of rotatable bonds is 8. The van der Waals surface area contributed by atoms with Crippen LogP contribution in [0.1, 0.15) is 42.8 Å². The number of aliphatic hydroxyl groups is 3. The fourth-order valence-corrected chi connectivity index (χ4v) is 6.32. The van der Waals surface area contributed by atoms with Crippen LogP contribution in [-0.2, 0) is 0 Å². The van der Waals surface area contributed by atoms with Crippen LogP contribution in [-0.4, -0.2) is 60.1 Å². The molecule has 42 heavy (non-hydrogen) atoms. The Hall–Kier alpha value is -3.30. The lowest BCUT2D eigenvalue weighted by atomic mass is 10.0. The van der Waals surface area contributed by atoms with E-state index in [0.29, 0.717) is 33.8 Å². The highest BCUT2D eigenvalue weighted by Crippen LogP contribution is 2.41. The Morgan fingerprint density at radius 1 is 1.19 bits per heavy atom. The number of fused-ring (bicyclic) bond motifs is 1. The lowest BCUT2D eigenvalue weighted by molar-refractivity contribution is -0.274. The van der Waals surface area contributed by atoms with Crippen LogP contribution in [0.2, 0.25) is 5.02 Å². The molecule has 0 spiro atoms. The third kappa shape index (κ3) is 6.08. The molecule has 224 valence electrons. The number of nitrogens with one attached hydrogen (secondary N) is 2. The van der Waals surface area contributed by atoms with Crippen LogP contribution in [0.4, 0.5) is 24.9 Å². The van der Waals surface area contributed by atoms with E-state index in [-0.39, 0.29) is 29.8 Å². The Kier molecular flexibility index (Phi) is 8.20. The molecule has 1 aromatic carbocycles. The van der Waals surface area contributed by atoms with E-state index >= 15 is 0 Å². The van der Waals surface area contributed by atoms with Crippen molar-refractivity contribution < 1.29 is 33.2 Å². The topological polar surface area (TPSA) is 146 Å². The van der Waals surface area contributed by atoms with Gasteiger partial charge in [-0.3, -0.25) is 4.98 Å². The zero-order valence-electron chi connectivity index (χ0n) is 22.7. The minimum Gasteiger partial charge on any atom is -0.404 e. The summed E-state index contributed by atoms with van der Waals surface area (Å²) in [5.41, 5.74) is 1.25. The second-order valence-corrected chi connectivity index (χ2v) is 11.6. The van der Waals surface area contributed by atoms with E-state index in [9.17, 15) is 28.5 Å². The molecule has 1 fully saturated rings. The van der Waals surface area contributed by atoms with Crippen molar-refractivity contribution in [2.75, 3.05) is 17.2 Å². The maximum atomic E-state index is 12.6. The van der Waals surface area contributed by atoms with Crippen LogP contribution in [0.15, 0.2) is 30.5 Å². The summed E-state index contributed by atoms with van der Waals surface area (Å²) in [7, 11) is 0. The summed E-state index contributed by atoms with van der Waals surface area (Å²) >= 11 is 7.44. The van der Waals surface area contributed by atoms with Crippen molar-refractivity contribution in [3.63, 3.8) is 0 Å². The molecule has 0 radical (unpaired) electrons. The van der Waals surface area contributed by atoms with Gasteiger partial charge in [0.1, 0.15) is 28.2 Å². The zero-order valence-corrected chi connectivity index (χ0v) is 24.3. The third-order valence-electron chi connectivity index (χ3n) is 7.22. The molecule has 0 bridgehead atoms. The van der Waals surface area contributed by atoms with E-state index in [1.165, 1.54) is 23.5 Å². The maximum Gasteiger partial charge on any atom is 0.573 e. The first kappa shape index (κ1) is 30.2. The molecule has 5 N–H and O–H groups in total. The predicted molar refractivity (Wildman–Crippen MR) is 152 cm³/mol. The van der Waals surface area contributed by atoms with E-state index in [1.54, 1.807) is 20.0 Å². The predicted octanol–water partition coefficient (Wildman–Crippen LogP) is 5.35. The molecule has 4 aromatic rings. The van der Waals surface area contributed by atoms with Crippen molar-refractivity contribution in [1.29, 1.82) is 0 Å². The fraction of sp³-hybridized carbons (Fsp3) is 0.407. The van der Waals surface area contributed by atoms with Crippen molar-refractivity contribution in [3.05, 3.63) is 52.4 Å². The molecule has 1 saturated carbocycles. The molecule has 15 heteroatoms. The zero-order chi connectivity index (χ0) is 30.4. The Balaban J connectivity index is 1.51. The molecule has 5 rings (SSSR count). The van der Waals surface area contributed by atoms with Gasteiger partial charge >= 0.3 is 6.36 Å². The van der Waals surface area contributed by atoms with Crippen LogP contribution in [0.3, 0.4) is 0 Å². The molecule has 3 aromatic heterocycles. The SMILES string of the molecule is Cc1nc(N[C@H](C)c2ccc(OC(F)(F)F)c(Cl)c2)nc(N[C@@]2(O)CC[C@H](CO)[C@H]2O)c1-c1nc2c(C)nccc2s1. The number of hydrogen-bond donors (Lipinski definition) is 5. The number of aromatic nitrogens is 4. The van der Waals surface area contributed by atoms with Gasteiger partial charge in [0.25, 0.3) is 0 Å². The minimum atomic E-state index is -4.88. The second kappa shape index (κ2) is 11.4. The number of halogens is 4. The molecule has 0 saturated heterocycles. The largest absolute Gasteiger partial charge is 0.573 e. The number of alkyl halides is 3. The maximum absolute atomic E-state index is 12.6. The number of aliphatic hydroxyl groups excluding tert-OH is 2. The Labute approximate surface area is 247 Å². The highest BCUT2D eigenvalue weighted by atomic mass is 35.5. The number of anilines is 2. The first-order valence-electron chi connectivity index (χ1n) is 13.0. The number of hydrogen-bond acceptors (Lipinski definition) is 11. The molecule has 4 atom stereocenters. The molecule has 0 unspecified atom stereocenters. The van der Waals surface area contributed by atoms with Crippen LogP contribution in [0.25, 0.3) is 20.8 Å². The molecule has 1 aliphatic rings. The Bertz CT molecular complexity index is 1620. The number of pyridine rings is 1. The summed E-state index contributed by atoms with van der Waals surface area (Å²) in [6.45, 7) is 5.06. The van der Waals surface area contributed by atoms with Gasteiger partial charge in [0.05, 0.1) is 32.7 Å². The van der Waals surface area contributed by atoms with Crippen molar-refractivity contribution in [1.82, 2.24) is 19.9 Å². The lowest BCUT2D eigenvalue weighted by Crippen LogP contribution is -2.48. The highest BCUT2D eigenvalue weighted by molar-refractivity contribution is 7.21. The van der Waals surface area contributed by atoms with Crippen LogP contribution in [0, 0.1) is 19.8 Å². The summed E-state index contributed by atoms with van der Waals surface area (Å²) in [4.78, 5) is 18.3. The first-order valence-corrected chi connectivity index (χ1v) is 14.2. The van der Waals surface area contributed by atoms with Crippen molar-refractivity contribution >= 4 is 44.9 Å². The summed E-state index contributed by atoms with van der Waals surface area (Å²) < 4.78 is 42.8. The third-order valence-corrected chi connectivity index (χ3v) is 8.56. The Morgan fingerprint density at radius 2 is 1.95 bits per heavy atom. The average molecular weight is 625 g/mol. The number of benzene rings is 1. The smallest absolute Gasteiger partial charge is 0.404 e. The van der Waals surface area contributed by atoms with Gasteiger partial charge in [-0.25, -0.2) is 9.97 Å². The van der Waals surface area contributed by atoms with Crippen LogP contribution in [0.5, 0.6) is 5.75 Å². The van der Waals surface area contributed by atoms with E-state index in [4.69, 9.17) is 16.6 Å². The van der Waals surface area contributed by atoms with Gasteiger partial charge in [-0.2, -0.15) is 4.98 Å². The van der Waals surface area contributed by atoms with Crippen molar-refractivity contribution in [3.8, 4) is 16.3 Å². The quantitative estimate of drug-likeness (QED) is 0.163. The van der Waals surface area contributed by atoms with Gasteiger partial charge < -0.3 is 30.7 Å². The number of nitrogens with zero attached hydrogens (tertiary/aromatic N) is 4. The van der Waals surface area contributed by atoms with Crippen LogP contribution >= 0.6 is 22.9 Å². The average Bonchev–Trinajstić information content (AvgIpc) is 3.45. The van der Waals surface area contributed by atoms with Gasteiger partial charge in [-0.05, 0) is 57.4 Å². The Morgan fingerprint density at radius 3 is 2.60 bits per heavy atom. The molecule has 1 aliphatic carbocycles.